The maximum Gasteiger partial charge on any atom is 0.326 e. The normalized spacial score (nSPS) is 10.2. The van der Waals surface area contributed by atoms with E-state index >= 15 is 0 Å². The molecule has 0 amide bonds. The molecule has 26 heavy (non-hydrogen) atoms. The van der Waals surface area contributed by atoms with Gasteiger partial charge in [-0.1, -0.05) is 0 Å². The molecular weight excluding hydrogens is 344 g/mol. The van der Waals surface area contributed by atoms with Crippen LogP contribution in [0.5, 0.6) is 0 Å². The van der Waals surface area contributed by atoms with Gasteiger partial charge in [-0.2, -0.15) is 0 Å². The molecule has 0 aromatic rings. The van der Waals surface area contributed by atoms with Gasteiger partial charge in [0.15, 0.2) is 0 Å². The number of ether oxygens (including phenoxy) is 4. The first-order valence-electron chi connectivity index (χ1n) is 7.43. The minimum absolute atomic E-state index is 0.543. The lowest BCUT2D eigenvalue weighted by atomic mass is 9.59. The van der Waals surface area contributed by atoms with Crippen LogP contribution in [0.25, 0.3) is 0 Å². The molecule has 0 aromatic heterocycles. The number of methoxy groups -OCH3 is 4. The molecule has 0 radical (unpaired) electrons. The minimum atomic E-state index is -2.47. The highest BCUT2D eigenvalue weighted by Gasteiger charge is 2.72. The van der Waals surface area contributed by atoms with E-state index in [2.05, 4.69) is 23.7 Å². The van der Waals surface area contributed by atoms with Crippen molar-refractivity contribution in [1.29, 1.82) is 0 Å². The van der Waals surface area contributed by atoms with Crippen LogP contribution < -0.4 is 0 Å². The van der Waals surface area contributed by atoms with Crippen LogP contribution in [0.2, 0.25) is 0 Å². The molecule has 0 aromatic carbocycles. The summed E-state index contributed by atoms with van der Waals surface area (Å²) < 4.78 is 19.0. The zero-order valence-corrected chi connectivity index (χ0v) is 15.7. The number of rotatable bonds is 7. The van der Waals surface area contributed by atoms with E-state index in [9.17, 15) is 19.2 Å². The number of hydrogen-bond acceptors (Lipinski definition) is 8. The molecule has 0 saturated carbocycles. The van der Waals surface area contributed by atoms with Crippen LogP contribution in [0.3, 0.4) is 0 Å². The lowest BCUT2D eigenvalue weighted by molar-refractivity contribution is -0.199. The fraction of sp³-hybridized carbons (Fsp3) is 0.556. The molecule has 0 aliphatic heterocycles. The monoisotopic (exact) mass is 366 g/mol. The number of hydrogen-bond donors (Lipinski definition) is 0. The summed E-state index contributed by atoms with van der Waals surface area (Å²) in [6.07, 6.45) is -1.09. The van der Waals surface area contributed by atoms with Gasteiger partial charge < -0.3 is 18.9 Å². The summed E-state index contributed by atoms with van der Waals surface area (Å²) in [6.45, 7) is 2.92. The van der Waals surface area contributed by atoms with Crippen LogP contribution >= 0.6 is 0 Å². The van der Waals surface area contributed by atoms with Crippen LogP contribution in [-0.4, -0.2) is 52.3 Å². The summed E-state index contributed by atoms with van der Waals surface area (Å²) in [5, 5.41) is 0. The summed E-state index contributed by atoms with van der Waals surface area (Å²) in [7, 11) is 4.02. The molecule has 0 spiro atoms. The molecule has 0 fully saturated rings. The second-order valence-electron chi connectivity index (χ2n) is 4.98. The molecule has 8 heteroatoms. The van der Waals surface area contributed by atoms with Crippen LogP contribution in [0, 0.1) is 34.5 Å². The van der Waals surface area contributed by atoms with Crippen molar-refractivity contribution in [1.82, 2.24) is 0 Å². The van der Waals surface area contributed by atoms with Crippen molar-refractivity contribution in [3.8, 4) is 23.7 Å². The SMILES string of the molecule is CC#CCC(C(=O)OC)(C(=O)OC)C(CC#CC)(C(=O)OC)C(=O)OC. The quantitative estimate of drug-likeness (QED) is 0.277. The third kappa shape index (κ3) is 3.65. The Morgan fingerprint density at radius 1 is 0.615 bits per heavy atom. The van der Waals surface area contributed by atoms with Crippen LogP contribution in [0.15, 0.2) is 0 Å². The van der Waals surface area contributed by atoms with Crippen molar-refractivity contribution < 1.29 is 38.1 Å². The van der Waals surface area contributed by atoms with Gasteiger partial charge >= 0.3 is 23.9 Å². The first kappa shape index (κ1) is 23.0. The number of carbonyl (C=O) groups excluding carboxylic acids is 4. The highest BCUT2D eigenvalue weighted by atomic mass is 16.6. The first-order valence-corrected chi connectivity index (χ1v) is 7.43. The molecule has 0 saturated heterocycles. The van der Waals surface area contributed by atoms with Crippen LogP contribution in [0.4, 0.5) is 0 Å². The second kappa shape index (κ2) is 10.1. The molecule has 0 N–H and O–H groups in total. The van der Waals surface area contributed by atoms with Gasteiger partial charge in [0.25, 0.3) is 0 Å². The van der Waals surface area contributed by atoms with Gasteiger partial charge in [-0.15, -0.1) is 23.7 Å². The van der Waals surface area contributed by atoms with E-state index in [1.807, 2.05) is 0 Å². The average Bonchev–Trinajstić information content (AvgIpc) is 2.68. The highest BCUT2D eigenvalue weighted by Crippen LogP contribution is 2.49. The molecule has 0 unspecified atom stereocenters. The van der Waals surface area contributed by atoms with Crippen molar-refractivity contribution in [2.24, 2.45) is 10.8 Å². The lowest BCUT2D eigenvalue weighted by Crippen LogP contribution is -2.62. The summed E-state index contributed by atoms with van der Waals surface area (Å²) in [6, 6.07) is 0. The van der Waals surface area contributed by atoms with E-state index in [1.165, 1.54) is 13.8 Å². The molecular formula is C18H22O8. The highest BCUT2D eigenvalue weighted by molar-refractivity contribution is 6.15. The third-order valence-corrected chi connectivity index (χ3v) is 3.92. The zero-order valence-electron chi connectivity index (χ0n) is 15.7. The molecule has 8 nitrogen and oxygen atoms in total. The largest absolute Gasteiger partial charge is 0.468 e. The van der Waals surface area contributed by atoms with Crippen LogP contribution in [-0.2, 0) is 38.1 Å². The molecule has 0 atom stereocenters. The molecule has 0 rings (SSSR count). The zero-order chi connectivity index (χ0) is 20.4. The van der Waals surface area contributed by atoms with Gasteiger partial charge in [-0.05, 0) is 13.8 Å². The van der Waals surface area contributed by atoms with Crippen molar-refractivity contribution in [3.63, 3.8) is 0 Å². The summed E-state index contributed by atoms with van der Waals surface area (Å²) in [5.41, 5.74) is -4.94. The van der Waals surface area contributed by atoms with E-state index in [0.717, 1.165) is 28.4 Å². The third-order valence-electron chi connectivity index (χ3n) is 3.92. The Labute approximate surface area is 152 Å². The molecule has 142 valence electrons. The van der Waals surface area contributed by atoms with E-state index in [0.29, 0.717) is 0 Å². The number of esters is 4. The maximum absolute atomic E-state index is 12.7. The van der Waals surface area contributed by atoms with Gasteiger partial charge in [0.2, 0.25) is 10.8 Å². The van der Waals surface area contributed by atoms with E-state index < -0.39 is 47.5 Å². The molecule has 0 bridgehead atoms. The average molecular weight is 366 g/mol. The molecule has 0 aliphatic rings. The Morgan fingerprint density at radius 2 is 0.846 bits per heavy atom. The Kier molecular flexibility index (Phi) is 8.93. The summed E-state index contributed by atoms with van der Waals surface area (Å²) in [5.74, 6) is 5.35. The van der Waals surface area contributed by atoms with E-state index in [4.69, 9.17) is 18.9 Å². The molecule has 0 aliphatic carbocycles. The van der Waals surface area contributed by atoms with Crippen molar-refractivity contribution in [2.75, 3.05) is 28.4 Å². The predicted octanol–water partition coefficient (Wildman–Crippen LogP) is 0.478. The van der Waals surface area contributed by atoms with Gasteiger partial charge in [-0.3, -0.25) is 19.2 Å². The Bertz CT molecular complexity index is 591. The second-order valence-corrected chi connectivity index (χ2v) is 4.98. The summed E-state index contributed by atoms with van der Waals surface area (Å²) >= 11 is 0. The Morgan fingerprint density at radius 3 is 1.00 bits per heavy atom. The van der Waals surface area contributed by atoms with Crippen LogP contribution in [0.1, 0.15) is 26.7 Å². The van der Waals surface area contributed by atoms with E-state index in [1.54, 1.807) is 0 Å². The van der Waals surface area contributed by atoms with Gasteiger partial charge in [0.1, 0.15) is 0 Å². The maximum atomic E-state index is 12.7. The van der Waals surface area contributed by atoms with Gasteiger partial charge in [0.05, 0.1) is 28.4 Å². The summed E-state index contributed by atoms with van der Waals surface area (Å²) in [4.78, 5) is 50.9. The fourth-order valence-electron chi connectivity index (χ4n) is 2.59. The topological polar surface area (TPSA) is 105 Å². The first-order chi connectivity index (χ1) is 12.3. The van der Waals surface area contributed by atoms with Gasteiger partial charge in [0, 0.05) is 12.8 Å². The molecule has 0 heterocycles. The van der Waals surface area contributed by atoms with E-state index in [-0.39, 0.29) is 0 Å². The Balaban J connectivity index is 7.30. The minimum Gasteiger partial charge on any atom is -0.468 e. The van der Waals surface area contributed by atoms with Gasteiger partial charge in [-0.25, -0.2) is 0 Å². The smallest absolute Gasteiger partial charge is 0.326 e. The predicted molar refractivity (Wildman–Crippen MR) is 89.1 cm³/mol. The van der Waals surface area contributed by atoms with Crippen molar-refractivity contribution in [2.45, 2.75) is 26.7 Å². The standard InChI is InChI=1S/C18H22O8/c1-7-9-11-17(13(19)23-3,14(20)24-4)18(12-10-8-2,15(21)25-5)16(22)26-6/h11-12H2,1-6H3. The van der Waals surface area contributed by atoms with Crippen molar-refractivity contribution >= 4 is 23.9 Å². The van der Waals surface area contributed by atoms with Crippen molar-refractivity contribution in [3.05, 3.63) is 0 Å². The lowest BCUT2D eigenvalue weighted by Gasteiger charge is -2.40. The fourth-order valence-corrected chi connectivity index (χ4v) is 2.59. The Hall–Kier alpha value is -3.00. The number of carbonyl (C=O) groups is 4.